The molecule has 1 atom stereocenters. The molecule has 4 nitrogen and oxygen atoms in total. The summed E-state index contributed by atoms with van der Waals surface area (Å²) in [5, 5.41) is 9.16. The first-order valence-electron chi connectivity index (χ1n) is 7.27. The number of aliphatic carboxylic acids is 1. The third kappa shape index (κ3) is 4.23. The Morgan fingerprint density at radius 3 is 2.35 bits per heavy atom. The van der Waals surface area contributed by atoms with Crippen molar-refractivity contribution in [2.75, 3.05) is 18.0 Å². The Bertz CT molecular complexity index is 431. The van der Waals surface area contributed by atoms with E-state index in [2.05, 4.69) is 43.0 Å². The van der Waals surface area contributed by atoms with Crippen LogP contribution in [0.4, 0.5) is 5.69 Å². The van der Waals surface area contributed by atoms with E-state index in [1.54, 1.807) is 0 Å². The molecule has 0 spiro atoms. The summed E-state index contributed by atoms with van der Waals surface area (Å²) in [4.78, 5) is 13.4. The molecule has 1 unspecified atom stereocenters. The van der Waals surface area contributed by atoms with Crippen molar-refractivity contribution in [3.05, 3.63) is 29.8 Å². The van der Waals surface area contributed by atoms with Crippen LogP contribution in [0, 0.1) is 6.92 Å². The van der Waals surface area contributed by atoms with Crippen molar-refractivity contribution in [3.63, 3.8) is 0 Å². The Balaban J connectivity index is 2.58. The molecule has 0 fully saturated rings. The first-order chi connectivity index (χ1) is 9.42. The molecule has 112 valence electrons. The maximum absolute atomic E-state index is 11.2. The van der Waals surface area contributed by atoms with E-state index in [0.29, 0.717) is 12.8 Å². The lowest BCUT2D eigenvalue weighted by atomic mass is 9.92. The van der Waals surface area contributed by atoms with E-state index in [4.69, 9.17) is 10.8 Å². The minimum Gasteiger partial charge on any atom is -0.480 e. The predicted molar refractivity (Wildman–Crippen MR) is 83.1 cm³/mol. The van der Waals surface area contributed by atoms with Gasteiger partial charge in [-0.3, -0.25) is 4.79 Å². The van der Waals surface area contributed by atoms with Gasteiger partial charge in [0, 0.05) is 18.8 Å². The van der Waals surface area contributed by atoms with Crippen LogP contribution in [0.25, 0.3) is 0 Å². The maximum Gasteiger partial charge on any atom is 0.323 e. The maximum atomic E-state index is 11.2. The van der Waals surface area contributed by atoms with E-state index in [9.17, 15) is 4.79 Å². The monoisotopic (exact) mass is 278 g/mol. The fourth-order valence-corrected chi connectivity index (χ4v) is 2.25. The Morgan fingerprint density at radius 1 is 1.30 bits per heavy atom. The number of anilines is 1. The standard InChI is InChI=1S/C16H26N2O2/c1-4-16(17,15(19)20)11-6-12-18(5-2)14-9-7-13(3)8-10-14/h7-10H,4-6,11-12,17H2,1-3H3,(H,19,20). The lowest BCUT2D eigenvalue weighted by molar-refractivity contribution is -0.143. The summed E-state index contributed by atoms with van der Waals surface area (Å²) in [5.74, 6) is -0.904. The number of rotatable bonds is 8. The minimum atomic E-state index is -1.09. The largest absolute Gasteiger partial charge is 0.480 e. The van der Waals surface area contributed by atoms with Gasteiger partial charge in [0.05, 0.1) is 0 Å². The molecule has 0 radical (unpaired) electrons. The van der Waals surface area contributed by atoms with E-state index < -0.39 is 11.5 Å². The molecule has 3 N–H and O–H groups in total. The second-order valence-electron chi connectivity index (χ2n) is 5.33. The van der Waals surface area contributed by atoms with Crippen LogP contribution in [0.1, 0.15) is 38.7 Å². The van der Waals surface area contributed by atoms with E-state index in [-0.39, 0.29) is 0 Å². The highest BCUT2D eigenvalue weighted by atomic mass is 16.4. The zero-order valence-corrected chi connectivity index (χ0v) is 12.7. The van der Waals surface area contributed by atoms with E-state index in [0.717, 1.165) is 19.5 Å². The minimum absolute atomic E-state index is 0.457. The zero-order valence-electron chi connectivity index (χ0n) is 12.7. The number of carboxylic acids is 1. The lowest BCUT2D eigenvalue weighted by Gasteiger charge is -2.27. The lowest BCUT2D eigenvalue weighted by Crippen LogP contribution is -2.47. The van der Waals surface area contributed by atoms with Gasteiger partial charge in [-0.25, -0.2) is 0 Å². The van der Waals surface area contributed by atoms with Gasteiger partial charge in [0.1, 0.15) is 5.54 Å². The summed E-state index contributed by atoms with van der Waals surface area (Å²) in [7, 11) is 0. The summed E-state index contributed by atoms with van der Waals surface area (Å²) in [6.07, 6.45) is 1.73. The second kappa shape index (κ2) is 7.29. The predicted octanol–water partition coefficient (Wildman–Crippen LogP) is 2.79. The molecule has 4 heteroatoms. The molecule has 1 rings (SSSR count). The number of hydrogen-bond donors (Lipinski definition) is 2. The van der Waals surface area contributed by atoms with Gasteiger partial charge in [-0.15, -0.1) is 0 Å². The Labute approximate surface area is 121 Å². The fraction of sp³-hybridized carbons (Fsp3) is 0.562. The molecule has 0 saturated heterocycles. The quantitative estimate of drug-likeness (QED) is 0.767. The van der Waals surface area contributed by atoms with Crippen LogP contribution in [-0.4, -0.2) is 29.7 Å². The van der Waals surface area contributed by atoms with Crippen LogP contribution < -0.4 is 10.6 Å². The highest BCUT2D eigenvalue weighted by Crippen LogP contribution is 2.18. The average Bonchev–Trinajstić information content (AvgIpc) is 2.44. The highest BCUT2D eigenvalue weighted by Gasteiger charge is 2.31. The molecule has 0 saturated carbocycles. The van der Waals surface area contributed by atoms with Gasteiger partial charge in [0.15, 0.2) is 0 Å². The number of benzene rings is 1. The zero-order chi connectivity index (χ0) is 15.2. The normalized spacial score (nSPS) is 13.8. The van der Waals surface area contributed by atoms with Crippen molar-refractivity contribution in [3.8, 4) is 0 Å². The number of carboxylic acid groups (broad SMARTS) is 1. The number of hydrogen-bond acceptors (Lipinski definition) is 3. The smallest absolute Gasteiger partial charge is 0.323 e. The van der Waals surface area contributed by atoms with Crippen molar-refractivity contribution < 1.29 is 9.90 Å². The van der Waals surface area contributed by atoms with Crippen molar-refractivity contribution in [1.29, 1.82) is 0 Å². The molecule has 20 heavy (non-hydrogen) atoms. The molecule has 0 bridgehead atoms. The summed E-state index contributed by atoms with van der Waals surface area (Å²) in [5.41, 5.74) is 7.23. The fourth-order valence-electron chi connectivity index (χ4n) is 2.25. The molecule has 0 aliphatic carbocycles. The summed E-state index contributed by atoms with van der Waals surface area (Å²) in [6, 6.07) is 8.39. The van der Waals surface area contributed by atoms with Gasteiger partial charge in [0.25, 0.3) is 0 Å². The van der Waals surface area contributed by atoms with Crippen LogP contribution in [0.15, 0.2) is 24.3 Å². The Kier molecular flexibility index (Phi) is 6.02. The van der Waals surface area contributed by atoms with Crippen LogP contribution in [0.2, 0.25) is 0 Å². The topological polar surface area (TPSA) is 66.6 Å². The van der Waals surface area contributed by atoms with Crippen molar-refractivity contribution in [1.82, 2.24) is 0 Å². The first kappa shape index (κ1) is 16.5. The third-order valence-corrected chi connectivity index (χ3v) is 3.89. The summed E-state index contributed by atoms with van der Waals surface area (Å²) < 4.78 is 0. The summed E-state index contributed by atoms with van der Waals surface area (Å²) >= 11 is 0. The molecule has 0 aliphatic rings. The van der Waals surface area contributed by atoms with E-state index in [1.807, 2.05) is 6.92 Å². The Hall–Kier alpha value is -1.55. The SMILES string of the molecule is CCN(CCCC(N)(CC)C(=O)O)c1ccc(C)cc1. The molecular weight excluding hydrogens is 252 g/mol. The Morgan fingerprint density at radius 2 is 1.90 bits per heavy atom. The van der Waals surface area contributed by atoms with Gasteiger partial charge >= 0.3 is 5.97 Å². The van der Waals surface area contributed by atoms with Crippen LogP contribution in [-0.2, 0) is 4.79 Å². The second-order valence-corrected chi connectivity index (χ2v) is 5.33. The summed E-state index contributed by atoms with van der Waals surface area (Å²) in [6.45, 7) is 7.72. The van der Waals surface area contributed by atoms with E-state index >= 15 is 0 Å². The first-order valence-corrected chi connectivity index (χ1v) is 7.27. The van der Waals surface area contributed by atoms with Gasteiger partial charge in [-0.1, -0.05) is 24.6 Å². The molecule has 1 aromatic carbocycles. The van der Waals surface area contributed by atoms with Crippen LogP contribution >= 0.6 is 0 Å². The highest BCUT2D eigenvalue weighted by molar-refractivity contribution is 5.78. The molecule has 0 amide bonds. The van der Waals surface area contributed by atoms with Gasteiger partial charge < -0.3 is 15.7 Å². The van der Waals surface area contributed by atoms with Crippen LogP contribution in [0.3, 0.4) is 0 Å². The average molecular weight is 278 g/mol. The number of aryl methyl sites for hydroxylation is 1. The van der Waals surface area contributed by atoms with E-state index in [1.165, 1.54) is 11.3 Å². The van der Waals surface area contributed by atoms with Crippen LogP contribution in [0.5, 0.6) is 0 Å². The third-order valence-electron chi connectivity index (χ3n) is 3.89. The number of carbonyl (C=O) groups is 1. The molecule has 0 aliphatic heterocycles. The van der Waals surface area contributed by atoms with Gasteiger partial charge in [0.2, 0.25) is 0 Å². The molecule has 0 aromatic heterocycles. The van der Waals surface area contributed by atoms with Gasteiger partial charge in [-0.2, -0.15) is 0 Å². The van der Waals surface area contributed by atoms with Crippen molar-refractivity contribution in [2.24, 2.45) is 5.73 Å². The number of nitrogens with two attached hydrogens (primary N) is 1. The molecule has 1 aromatic rings. The molecular formula is C16H26N2O2. The van der Waals surface area contributed by atoms with Gasteiger partial charge in [-0.05, 0) is 45.2 Å². The molecule has 0 heterocycles. The van der Waals surface area contributed by atoms with Crippen molar-refractivity contribution in [2.45, 2.75) is 45.6 Å². The van der Waals surface area contributed by atoms with Crippen molar-refractivity contribution >= 4 is 11.7 Å². The number of nitrogens with zero attached hydrogens (tertiary/aromatic N) is 1.